The van der Waals surface area contributed by atoms with Crippen LogP contribution in [0.2, 0.25) is 5.02 Å². The van der Waals surface area contributed by atoms with E-state index in [1.807, 2.05) is 13.8 Å². The number of nitrogens with two attached hydrogens (primary N) is 1. The molecule has 0 aliphatic rings. The number of rotatable bonds is 3. The highest BCUT2D eigenvalue weighted by atomic mass is 35.5. The van der Waals surface area contributed by atoms with Gasteiger partial charge in [0.05, 0.1) is 0 Å². The van der Waals surface area contributed by atoms with E-state index in [0.717, 1.165) is 17.5 Å². The molecule has 0 saturated carbocycles. The zero-order valence-electron chi connectivity index (χ0n) is 8.48. The van der Waals surface area contributed by atoms with Crippen molar-refractivity contribution in [1.82, 2.24) is 0 Å². The van der Waals surface area contributed by atoms with E-state index in [9.17, 15) is 4.39 Å². The lowest BCUT2D eigenvalue weighted by molar-refractivity contribution is 0.615. The van der Waals surface area contributed by atoms with Crippen molar-refractivity contribution in [2.75, 3.05) is 6.54 Å². The zero-order valence-corrected chi connectivity index (χ0v) is 9.24. The van der Waals surface area contributed by atoms with E-state index >= 15 is 0 Å². The molecule has 3 heteroatoms. The molecule has 0 aromatic heterocycles. The van der Waals surface area contributed by atoms with Crippen molar-refractivity contribution in [3.05, 3.63) is 34.1 Å². The second kappa shape index (κ2) is 4.76. The summed E-state index contributed by atoms with van der Waals surface area (Å²) in [6.45, 7) is 4.55. The molecular formula is C11H15ClFN. The van der Waals surface area contributed by atoms with Crippen molar-refractivity contribution < 1.29 is 4.39 Å². The minimum Gasteiger partial charge on any atom is -0.330 e. The molecule has 0 heterocycles. The number of hydrogen-bond acceptors (Lipinski definition) is 1. The fourth-order valence-corrected chi connectivity index (χ4v) is 1.80. The van der Waals surface area contributed by atoms with Gasteiger partial charge in [0, 0.05) is 5.02 Å². The van der Waals surface area contributed by atoms with Gasteiger partial charge >= 0.3 is 0 Å². The van der Waals surface area contributed by atoms with E-state index in [1.54, 1.807) is 6.07 Å². The Labute approximate surface area is 89.1 Å². The van der Waals surface area contributed by atoms with Crippen LogP contribution in [0.3, 0.4) is 0 Å². The van der Waals surface area contributed by atoms with Gasteiger partial charge in [0.25, 0.3) is 0 Å². The van der Waals surface area contributed by atoms with Crippen LogP contribution in [-0.4, -0.2) is 6.54 Å². The van der Waals surface area contributed by atoms with Crippen molar-refractivity contribution >= 4 is 11.6 Å². The Morgan fingerprint density at radius 3 is 2.71 bits per heavy atom. The first-order chi connectivity index (χ1) is 6.56. The molecule has 0 spiro atoms. The Kier molecular flexibility index (Phi) is 3.90. The lowest BCUT2D eigenvalue weighted by atomic mass is 9.93. The minimum atomic E-state index is -0.278. The van der Waals surface area contributed by atoms with Gasteiger partial charge in [-0.15, -0.1) is 0 Å². The van der Waals surface area contributed by atoms with Gasteiger partial charge in [-0.25, -0.2) is 4.39 Å². The van der Waals surface area contributed by atoms with Crippen LogP contribution in [0.4, 0.5) is 4.39 Å². The molecule has 78 valence electrons. The van der Waals surface area contributed by atoms with Gasteiger partial charge in [-0.05, 0) is 49.1 Å². The minimum absolute atomic E-state index is 0.258. The average molecular weight is 216 g/mol. The van der Waals surface area contributed by atoms with E-state index in [4.69, 9.17) is 17.3 Å². The van der Waals surface area contributed by atoms with Crippen LogP contribution in [0, 0.1) is 12.7 Å². The number of halogens is 2. The van der Waals surface area contributed by atoms with Crippen molar-refractivity contribution in [3.8, 4) is 0 Å². The summed E-state index contributed by atoms with van der Waals surface area (Å²) in [6.07, 6.45) is 0.848. The Morgan fingerprint density at radius 1 is 1.50 bits per heavy atom. The molecule has 2 N–H and O–H groups in total. The predicted molar refractivity (Wildman–Crippen MR) is 58.2 cm³/mol. The molecule has 1 atom stereocenters. The highest BCUT2D eigenvalue weighted by Gasteiger charge is 2.11. The van der Waals surface area contributed by atoms with Crippen LogP contribution in [0.15, 0.2) is 12.1 Å². The van der Waals surface area contributed by atoms with Crippen LogP contribution in [0.1, 0.15) is 30.4 Å². The summed E-state index contributed by atoms with van der Waals surface area (Å²) in [6, 6.07) is 2.89. The van der Waals surface area contributed by atoms with Crippen LogP contribution in [-0.2, 0) is 0 Å². The molecule has 0 saturated heterocycles. The van der Waals surface area contributed by atoms with Crippen LogP contribution in [0.5, 0.6) is 0 Å². The van der Waals surface area contributed by atoms with Crippen molar-refractivity contribution in [2.24, 2.45) is 5.73 Å². The molecule has 1 aromatic carbocycles. The third-order valence-electron chi connectivity index (χ3n) is 2.48. The second-order valence-electron chi connectivity index (χ2n) is 3.58. The first-order valence-electron chi connectivity index (χ1n) is 4.72. The first kappa shape index (κ1) is 11.5. The third kappa shape index (κ3) is 2.46. The second-order valence-corrected chi connectivity index (χ2v) is 3.99. The van der Waals surface area contributed by atoms with Crippen molar-refractivity contribution in [3.63, 3.8) is 0 Å². The summed E-state index contributed by atoms with van der Waals surface area (Å²) in [5.74, 6) is -0.0207. The Hall–Kier alpha value is -0.600. The number of benzene rings is 1. The monoisotopic (exact) mass is 215 g/mol. The lowest BCUT2D eigenvalue weighted by Crippen LogP contribution is -2.06. The summed E-state index contributed by atoms with van der Waals surface area (Å²) in [7, 11) is 0. The maximum Gasteiger partial charge on any atom is 0.124 e. The normalized spacial score (nSPS) is 12.9. The highest BCUT2D eigenvalue weighted by Crippen LogP contribution is 2.28. The lowest BCUT2D eigenvalue weighted by Gasteiger charge is -2.14. The van der Waals surface area contributed by atoms with Gasteiger partial charge in [0.2, 0.25) is 0 Å². The average Bonchev–Trinajstić information content (AvgIpc) is 2.11. The molecule has 1 nitrogen and oxygen atoms in total. The number of hydrogen-bond donors (Lipinski definition) is 1. The Morgan fingerprint density at radius 2 is 2.14 bits per heavy atom. The molecule has 1 rings (SSSR count). The van der Waals surface area contributed by atoms with Crippen molar-refractivity contribution in [2.45, 2.75) is 26.2 Å². The molecule has 1 aromatic rings. The zero-order chi connectivity index (χ0) is 10.7. The quantitative estimate of drug-likeness (QED) is 0.823. The first-order valence-corrected chi connectivity index (χ1v) is 5.09. The molecule has 0 bridgehead atoms. The summed E-state index contributed by atoms with van der Waals surface area (Å²) in [4.78, 5) is 0. The smallest absolute Gasteiger partial charge is 0.124 e. The third-order valence-corrected chi connectivity index (χ3v) is 2.87. The van der Waals surface area contributed by atoms with Gasteiger partial charge in [0.1, 0.15) is 5.82 Å². The topological polar surface area (TPSA) is 26.0 Å². The summed E-state index contributed by atoms with van der Waals surface area (Å²) >= 11 is 5.89. The summed E-state index contributed by atoms with van der Waals surface area (Å²) in [5, 5.41) is 0.490. The molecule has 14 heavy (non-hydrogen) atoms. The fourth-order valence-electron chi connectivity index (χ4n) is 1.58. The largest absolute Gasteiger partial charge is 0.330 e. The molecule has 0 amide bonds. The van der Waals surface area contributed by atoms with E-state index in [1.165, 1.54) is 6.07 Å². The molecule has 0 radical (unpaired) electrons. The van der Waals surface area contributed by atoms with Crippen LogP contribution < -0.4 is 5.73 Å². The van der Waals surface area contributed by atoms with E-state index in [2.05, 4.69) is 0 Å². The molecule has 0 fully saturated rings. The van der Waals surface area contributed by atoms with Gasteiger partial charge < -0.3 is 5.73 Å². The molecule has 1 unspecified atom stereocenters. The van der Waals surface area contributed by atoms with Crippen LogP contribution >= 0.6 is 11.6 Å². The standard InChI is InChI=1S/C11H15ClFN/c1-7(3-4-14)10-5-9(13)6-11(12)8(10)2/h5-7H,3-4,14H2,1-2H3. The molecule has 0 aliphatic heterocycles. The Bertz CT molecular complexity index is 325. The highest BCUT2D eigenvalue weighted by molar-refractivity contribution is 6.31. The predicted octanol–water partition coefficient (Wildman–Crippen LogP) is 3.24. The van der Waals surface area contributed by atoms with Crippen LogP contribution in [0.25, 0.3) is 0 Å². The maximum absolute atomic E-state index is 13.1. The maximum atomic E-state index is 13.1. The fraction of sp³-hybridized carbons (Fsp3) is 0.455. The van der Waals surface area contributed by atoms with Gasteiger partial charge in [0.15, 0.2) is 0 Å². The van der Waals surface area contributed by atoms with Gasteiger partial charge in [-0.3, -0.25) is 0 Å². The molecular weight excluding hydrogens is 201 g/mol. The van der Waals surface area contributed by atoms with Crippen molar-refractivity contribution in [1.29, 1.82) is 0 Å². The van der Waals surface area contributed by atoms with Gasteiger partial charge in [-0.1, -0.05) is 18.5 Å². The SMILES string of the molecule is Cc1c(Cl)cc(F)cc1C(C)CCN. The Balaban J connectivity index is 3.07. The van der Waals surface area contributed by atoms with Gasteiger partial charge in [-0.2, -0.15) is 0 Å². The van der Waals surface area contributed by atoms with E-state index in [-0.39, 0.29) is 11.7 Å². The summed E-state index contributed by atoms with van der Waals surface area (Å²) in [5.41, 5.74) is 7.38. The van der Waals surface area contributed by atoms with E-state index < -0.39 is 0 Å². The van der Waals surface area contributed by atoms with E-state index in [0.29, 0.717) is 11.6 Å². The summed E-state index contributed by atoms with van der Waals surface area (Å²) < 4.78 is 13.1. The molecule has 0 aliphatic carbocycles.